The molecule has 286 valence electrons. The van der Waals surface area contributed by atoms with Crippen LogP contribution in [0.25, 0.3) is 60.0 Å². The van der Waals surface area contributed by atoms with Crippen LogP contribution in [0.2, 0.25) is 0 Å². The van der Waals surface area contributed by atoms with E-state index in [9.17, 15) is 0 Å². The lowest BCUT2D eigenvalue weighted by Gasteiger charge is -2.30. The Morgan fingerprint density at radius 3 is 1.97 bits per heavy atom. The third-order valence-corrected chi connectivity index (χ3v) is 14.4. The van der Waals surface area contributed by atoms with E-state index in [1.807, 2.05) is 11.3 Å². The van der Waals surface area contributed by atoms with E-state index in [-0.39, 0.29) is 0 Å². The van der Waals surface area contributed by atoms with E-state index in [1.165, 1.54) is 113 Å². The second-order valence-corrected chi connectivity index (χ2v) is 17.8. The molecular formula is C57H47NS. The van der Waals surface area contributed by atoms with Crippen LogP contribution in [0.3, 0.4) is 0 Å². The Hall–Kier alpha value is -6.22. The molecule has 11 rings (SSSR count). The second-order valence-electron chi connectivity index (χ2n) is 16.7. The number of hydrogen-bond acceptors (Lipinski definition) is 2. The molecule has 1 fully saturated rings. The molecule has 9 aromatic rings. The summed E-state index contributed by atoms with van der Waals surface area (Å²) in [6.07, 6.45) is 11.3. The minimum atomic E-state index is 0.301. The van der Waals surface area contributed by atoms with Crippen LogP contribution in [0.15, 0.2) is 182 Å². The molecule has 8 aromatic carbocycles. The summed E-state index contributed by atoms with van der Waals surface area (Å²) < 4.78 is 1.37. The zero-order chi connectivity index (χ0) is 39.3. The maximum Gasteiger partial charge on any atom is 0.0540 e. The van der Waals surface area contributed by atoms with Crippen molar-refractivity contribution in [1.29, 1.82) is 0 Å². The highest BCUT2D eigenvalue weighted by Gasteiger charge is 2.29. The standard InChI is InChI=1S/C57H47NS/c1-38-28-37-54-57(51-22-8-10-27-53(51)59-54)55(38)43-31-35-45(36-32-43)58(44-33-29-41(30-34-44)47-23-11-17-39-16-5-6-20-46(39)47)52-26-9-7-21-49(52)50-25-13-19-42-18-12-24-48(56(42)50)40-14-3-2-4-15-40/h5-13,16-38,40,55H,2-4,14-15H2,1H3. The lowest BCUT2D eigenvalue weighted by atomic mass is 9.77. The van der Waals surface area contributed by atoms with Crippen molar-refractivity contribution in [2.75, 3.05) is 4.90 Å². The number of rotatable bonds is 7. The van der Waals surface area contributed by atoms with Gasteiger partial charge in [-0.15, -0.1) is 11.3 Å². The summed E-state index contributed by atoms with van der Waals surface area (Å²) in [5.74, 6) is 1.30. The maximum absolute atomic E-state index is 2.49. The van der Waals surface area contributed by atoms with Gasteiger partial charge in [0.2, 0.25) is 0 Å². The fourth-order valence-electron chi connectivity index (χ4n) is 10.4. The van der Waals surface area contributed by atoms with Crippen molar-refractivity contribution in [3.8, 4) is 22.3 Å². The van der Waals surface area contributed by atoms with Crippen LogP contribution < -0.4 is 4.90 Å². The predicted octanol–water partition coefficient (Wildman–Crippen LogP) is 16.9. The van der Waals surface area contributed by atoms with Gasteiger partial charge < -0.3 is 4.90 Å². The molecule has 0 saturated heterocycles. The number of benzene rings is 8. The first-order valence-electron chi connectivity index (χ1n) is 21.5. The highest BCUT2D eigenvalue weighted by Crippen LogP contribution is 2.49. The first-order valence-corrected chi connectivity index (χ1v) is 22.3. The molecule has 59 heavy (non-hydrogen) atoms. The van der Waals surface area contributed by atoms with Crippen molar-refractivity contribution in [2.24, 2.45) is 5.92 Å². The van der Waals surface area contributed by atoms with Gasteiger partial charge in [-0.05, 0) is 127 Å². The average molecular weight is 778 g/mol. The third-order valence-electron chi connectivity index (χ3n) is 13.2. The Morgan fingerprint density at radius 1 is 0.525 bits per heavy atom. The van der Waals surface area contributed by atoms with Gasteiger partial charge in [0.15, 0.2) is 0 Å². The molecule has 2 unspecified atom stereocenters. The van der Waals surface area contributed by atoms with Gasteiger partial charge in [0.05, 0.1) is 5.69 Å². The van der Waals surface area contributed by atoms with Gasteiger partial charge in [-0.2, -0.15) is 0 Å². The van der Waals surface area contributed by atoms with Gasteiger partial charge in [0.1, 0.15) is 0 Å². The number of hydrogen-bond donors (Lipinski definition) is 0. The van der Waals surface area contributed by atoms with Gasteiger partial charge in [-0.1, -0.05) is 172 Å². The predicted molar refractivity (Wildman–Crippen MR) is 255 cm³/mol. The number of allylic oxidation sites excluding steroid dienone is 1. The Bertz CT molecular complexity index is 2990. The van der Waals surface area contributed by atoms with Crippen LogP contribution in [-0.4, -0.2) is 0 Å². The van der Waals surface area contributed by atoms with E-state index in [2.05, 4.69) is 200 Å². The van der Waals surface area contributed by atoms with E-state index in [0.29, 0.717) is 17.8 Å². The summed E-state index contributed by atoms with van der Waals surface area (Å²) >= 11 is 1.92. The molecule has 1 aromatic heterocycles. The molecule has 1 nitrogen and oxygen atoms in total. The summed E-state index contributed by atoms with van der Waals surface area (Å²) in [6, 6.07) is 66.0. The topological polar surface area (TPSA) is 3.24 Å². The van der Waals surface area contributed by atoms with E-state index < -0.39 is 0 Å². The lowest BCUT2D eigenvalue weighted by Crippen LogP contribution is -2.14. The van der Waals surface area contributed by atoms with Crippen LogP contribution in [0.5, 0.6) is 0 Å². The van der Waals surface area contributed by atoms with Gasteiger partial charge in [0.25, 0.3) is 0 Å². The van der Waals surface area contributed by atoms with E-state index in [0.717, 1.165) is 11.4 Å². The SMILES string of the molecule is CC1C=Cc2sc3ccccc3c2C1c1ccc(N(c2ccc(-c3cccc4ccccc34)cc2)c2ccccc2-c2cccc3cccc(C4CCCCC4)c23)cc1. The van der Waals surface area contributed by atoms with Crippen LogP contribution in [0, 0.1) is 5.92 Å². The van der Waals surface area contributed by atoms with Crippen molar-refractivity contribution in [3.63, 3.8) is 0 Å². The molecule has 1 heterocycles. The molecular weight excluding hydrogens is 731 g/mol. The number of fused-ring (bicyclic) bond motifs is 5. The molecule has 2 aliphatic rings. The van der Waals surface area contributed by atoms with Gasteiger partial charge >= 0.3 is 0 Å². The molecule has 2 atom stereocenters. The third kappa shape index (κ3) is 6.38. The monoisotopic (exact) mass is 777 g/mol. The van der Waals surface area contributed by atoms with Gasteiger partial charge in [-0.3, -0.25) is 0 Å². The molecule has 0 spiro atoms. The summed E-state index contributed by atoms with van der Waals surface area (Å²) in [6.45, 7) is 2.37. The van der Waals surface area contributed by atoms with Crippen LogP contribution in [-0.2, 0) is 0 Å². The van der Waals surface area contributed by atoms with Crippen molar-refractivity contribution in [3.05, 3.63) is 204 Å². The Morgan fingerprint density at radius 2 is 1.15 bits per heavy atom. The quantitative estimate of drug-likeness (QED) is 0.156. The maximum atomic E-state index is 2.49. The largest absolute Gasteiger partial charge is 0.310 e. The van der Waals surface area contributed by atoms with Crippen molar-refractivity contribution >= 4 is 66.1 Å². The Labute approximate surface area is 351 Å². The molecule has 0 bridgehead atoms. The summed E-state index contributed by atoms with van der Waals surface area (Å²) in [7, 11) is 0. The fourth-order valence-corrected chi connectivity index (χ4v) is 11.5. The van der Waals surface area contributed by atoms with Crippen molar-refractivity contribution < 1.29 is 0 Å². The van der Waals surface area contributed by atoms with E-state index in [4.69, 9.17) is 0 Å². The number of nitrogens with zero attached hydrogens (tertiary/aromatic N) is 1. The second kappa shape index (κ2) is 15.2. The summed E-state index contributed by atoms with van der Waals surface area (Å²) in [5, 5.41) is 6.67. The number of anilines is 3. The zero-order valence-electron chi connectivity index (χ0n) is 33.5. The van der Waals surface area contributed by atoms with Crippen LogP contribution in [0.1, 0.15) is 72.4 Å². The molecule has 2 heteroatoms. The van der Waals surface area contributed by atoms with Crippen molar-refractivity contribution in [2.45, 2.75) is 50.9 Å². The minimum absolute atomic E-state index is 0.301. The zero-order valence-corrected chi connectivity index (χ0v) is 34.3. The molecule has 0 aliphatic heterocycles. The van der Waals surface area contributed by atoms with Gasteiger partial charge in [-0.25, -0.2) is 0 Å². The van der Waals surface area contributed by atoms with Crippen LogP contribution >= 0.6 is 11.3 Å². The lowest BCUT2D eigenvalue weighted by molar-refractivity contribution is 0.445. The Kier molecular flexibility index (Phi) is 9.24. The molecule has 0 radical (unpaired) electrons. The molecule has 1 saturated carbocycles. The van der Waals surface area contributed by atoms with E-state index in [1.54, 1.807) is 0 Å². The number of thiophene rings is 1. The summed E-state index contributed by atoms with van der Waals surface area (Å²) in [4.78, 5) is 3.88. The molecule has 2 aliphatic carbocycles. The first kappa shape index (κ1) is 35.9. The number of para-hydroxylation sites is 1. The molecule has 0 N–H and O–H groups in total. The highest BCUT2D eigenvalue weighted by atomic mass is 32.1. The fraction of sp³-hybridized carbons (Fsp3) is 0.158. The van der Waals surface area contributed by atoms with Crippen molar-refractivity contribution in [1.82, 2.24) is 0 Å². The normalized spacial score (nSPS) is 16.8. The van der Waals surface area contributed by atoms with E-state index >= 15 is 0 Å². The minimum Gasteiger partial charge on any atom is -0.310 e. The summed E-state index contributed by atoms with van der Waals surface area (Å²) in [5.41, 5.74) is 12.9. The highest BCUT2D eigenvalue weighted by molar-refractivity contribution is 7.20. The first-order chi connectivity index (χ1) is 29.2. The Balaban J connectivity index is 1.06. The van der Waals surface area contributed by atoms with Gasteiger partial charge in [0, 0.05) is 32.4 Å². The smallest absolute Gasteiger partial charge is 0.0540 e. The average Bonchev–Trinajstić information content (AvgIpc) is 3.68. The molecule has 0 amide bonds. The van der Waals surface area contributed by atoms with Crippen LogP contribution in [0.4, 0.5) is 17.1 Å².